The number of hydrogen-bond donors (Lipinski definition) is 1. The summed E-state index contributed by atoms with van der Waals surface area (Å²) in [5.41, 5.74) is 5.95. The van der Waals surface area contributed by atoms with Crippen LogP contribution in [0.4, 0.5) is 10.3 Å². The molecule has 0 radical (unpaired) electrons. The van der Waals surface area contributed by atoms with Crippen LogP contribution in [0.3, 0.4) is 0 Å². The first-order valence-corrected chi connectivity index (χ1v) is 5.57. The van der Waals surface area contributed by atoms with E-state index in [0.29, 0.717) is 21.7 Å². The number of halogens is 2. The van der Waals surface area contributed by atoms with E-state index in [2.05, 4.69) is 25.9 Å². The molecule has 0 aliphatic carbocycles. The first-order valence-electron chi connectivity index (χ1n) is 4.78. The van der Waals surface area contributed by atoms with Crippen LogP contribution in [0.15, 0.2) is 28.9 Å². The molecule has 0 saturated heterocycles. The molecule has 0 bridgehead atoms. The van der Waals surface area contributed by atoms with Gasteiger partial charge >= 0.3 is 0 Å². The topological polar surface area (TPSA) is 61.0 Å². The molecule has 0 aliphatic rings. The van der Waals surface area contributed by atoms with E-state index in [4.69, 9.17) is 10.5 Å². The summed E-state index contributed by atoms with van der Waals surface area (Å²) in [6.45, 7) is 1.66. The lowest BCUT2D eigenvalue weighted by Crippen LogP contribution is -1.97. The van der Waals surface area contributed by atoms with Crippen LogP contribution in [-0.4, -0.2) is 9.97 Å². The van der Waals surface area contributed by atoms with E-state index in [1.54, 1.807) is 13.0 Å². The number of anilines is 1. The van der Waals surface area contributed by atoms with Crippen molar-refractivity contribution in [2.24, 2.45) is 0 Å². The highest BCUT2D eigenvalue weighted by Crippen LogP contribution is 2.28. The Balaban J connectivity index is 2.31. The molecule has 6 heteroatoms. The van der Waals surface area contributed by atoms with Gasteiger partial charge in [0.15, 0.2) is 0 Å². The van der Waals surface area contributed by atoms with Crippen molar-refractivity contribution in [1.29, 1.82) is 0 Å². The Labute approximate surface area is 106 Å². The average Bonchev–Trinajstić information content (AvgIpc) is 2.29. The normalized spacial score (nSPS) is 10.3. The number of nitrogens with zero attached hydrogens (tertiary/aromatic N) is 2. The Kier molecular flexibility index (Phi) is 3.23. The summed E-state index contributed by atoms with van der Waals surface area (Å²) in [4.78, 5) is 7.72. The number of ether oxygens (including phenoxy) is 1. The maximum atomic E-state index is 13.1. The fourth-order valence-electron chi connectivity index (χ4n) is 1.23. The molecule has 0 unspecified atom stereocenters. The highest BCUT2D eigenvalue weighted by Gasteiger charge is 2.07. The first kappa shape index (κ1) is 11.8. The molecule has 0 amide bonds. The summed E-state index contributed by atoms with van der Waals surface area (Å²) < 4.78 is 19.1. The third-order valence-electron chi connectivity index (χ3n) is 2.07. The van der Waals surface area contributed by atoms with Gasteiger partial charge in [-0.25, -0.2) is 9.37 Å². The second-order valence-corrected chi connectivity index (χ2v) is 4.25. The molecule has 0 aliphatic heterocycles. The molecule has 1 aromatic carbocycles. The van der Waals surface area contributed by atoms with Crippen LogP contribution in [0, 0.1) is 12.7 Å². The van der Waals surface area contributed by atoms with Gasteiger partial charge in [-0.15, -0.1) is 0 Å². The fraction of sp³-hybridized carbons (Fsp3) is 0.0909. The quantitative estimate of drug-likeness (QED) is 0.925. The number of aryl methyl sites for hydroxylation is 1. The Morgan fingerprint density at radius 2 is 2.18 bits per heavy atom. The standard InChI is InChI=1S/C11H9BrFN3O/c1-6-4-7(2-3-9(6)13)17-10-8(12)5-15-11(14)16-10/h2-5H,1H3,(H2,14,15,16). The molecule has 2 N–H and O–H groups in total. The van der Waals surface area contributed by atoms with Gasteiger partial charge in [-0.2, -0.15) is 4.98 Å². The lowest BCUT2D eigenvalue weighted by Gasteiger charge is -2.07. The molecule has 0 fully saturated rings. The zero-order valence-corrected chi connectivity index (χ0v) is 10.5. The summed E-state index contributed by atoms with van der Waals surface area (Å²) in [5, 5.41) is 0. The van der Waals surface area contributed by atoms with Gasteiger partial charge in [0, 0.05) is 0 Å². The minimum atomic E-state index is -0.279. The third kappa shape index (κ3) is 2.71. The highest BCUT2D eigenvalue weighted by atomic mass is 79.9. The van der Waals surface area contributed by atoms with Crippen molar-refractivity contribution < 1.29 is 9.13 Å². The fourth-order valence-corrected chi connectivity index (χ4v) is 1.50. The van der Waals surface area contributed by atoms with E-state index in [1.165, 1.54) is 18.3 Å². The Bertz CT molecular complexity index is 562. The number of nitrogen functional groups attached to an aromatic ring is 1. The SMILES string of the molecule is Cc1cc(Oc2nc(N)ncc2Br)ccc1F. The molecule has 2 rings (SSSR count). The van der Waals surface area contributed by atoms with Crippen molar-refractivity contribution >= 4 is 21.9 Å². The van der Waals surface area contributed by atoms with Gasteiger partial charge in [-0.3, -0.25) is 0 Å². The molecule has 17 heavy (non-hydrogen) atoms. The van der Waals surface area contributed by atoms with E-state index < -0.39 is 0 Å². The van der Waals surface area contributed by atoms with E-state index in [-0.39, 0.29) is 11.8 Å². The van der Waals surface area contributed by atoms with Crippen molar-refractivity contribution in [3.05, 3.63) is 40.2 Å². The maximum Gasteiger partial charge on any atom is 0.238 e. The van der Waals surface area contributed by atoms with Crippen molar-refractivity contribution in [2.75, 3.05) is 5.73 Å². The number of rotatable bonds is 2. The van der Waals surface area contributed by atoms with Gasteiger partial charge in [0.1, 0.15) is 11.6 Å². The summed E-state index contributed by atoms with van der Waals surface area (Å²) in [7, 11) is 0. The van der Waals surface area contributed by atoms with Gasteiger partial charge in [0.2, 0.25) is 11.8 Å². The lowest BCUT2D eigenvalue weighted by molar-refractivity contribution is 0.457. The smallest absolute Gasteiger partial charge is 0.238 e. The van der Waals surface area contributed by atoms with E-state index in [0.717, 1.165) is 0 Å². The summed E-state index contributed by atoms with van der Waals surface area (Å²) in [5.74, 6) is 0.617. The largest absolute Gasteiger partial charge is 0.438 e. The van der Waals surface area contributed by atoms with Gasteiger partial charge < -0.3 is 10.5 Å². The van der Waals surface area contributed by atoms with Gasteiger partial charge in [0.05, 0.1) is 10.7 Å². The van der Waals surface area contributed by atoms with Crippen LogP contribution < -0.4 is 10.5 Å². The molecule has 0 atom stereocenters. The predicted octanol–water partition coefficient (Wildman–Crippen LogP) is 3.06. The zero-order chi connectivity index (χ0) is 12.4. The van der Waals surface area contributed by atoms with Crippen LogP contribution in [0.5, 0.6) is 11.6 Å². The minimum Gasteiger partial charge on any atom is -0.438 e. The molecular formula is C11H9BrFN3O. The first-order chi connectivity index (χ1) is 8.06. The van der Waals surface area contributed by atoms with Crippen LogP contribution in [0.1, 0.15) is 5.56 Å². The van der Waals surface area contributed by atoms with Gasteiger partial charge in [-0.05, 0) is 46.6 Å². The Hall–Kier alpha value is -1.69. The highest BCUT2D eigenvalue weighted by molar-refractivity contribution is 9.10. The Morgan fingerprint density at radius 3 is 2.88 bits per heavy atom. The molecule has 88 valence electrons. The summed E-state index contributed by atoms with van der Waals surface area (Å²) >= 11 is 3.24. The maximum absolute atomic E-state index is 13.1. The summed E-state index contributed by atoms with van der Waals surface area (Å²) in [6, 6.07) is 4.44. The van der Waals surface area contributed by atoms with Crippen LogP contribution >= 0.6 is 15.9 Å². The van der Waals surface area contributed by atoms with Crippen LogP contribution in [0.25, 0.3) is 0 Å². The molecule has 1 heterocycles. The Morgan fingerprint density at radius 1 is 1.41 bits per heavy atom. The number of benzene rings is 1. The van der Waals surface area contributed by atoms with Crippen LogP contribution in [-0.2, 0) is 0 Å². The molecule has 2 aromatic rings. The van der Waals surface area contributed by atoms with E-state index >= 15 is 0 Å². The molecule has 0 saturated carbocycles. The average molecular weight is 298 g/mol. The van der Waals surface area contributed by atoms with Crippen molar-refractivity contribution in [2.45, 2.75) is 6.92 Å². The van der Waals surface area contributed by atoms with Gasteiger partial charge in [0.25, 0.3) is 0 Å². The van der Waals surface area contributed by atoms with E-state index in [1.807, 2.05) is 0 Å². The van der Waals surface area contributed by atoms with Crippen molar-refractivity contribution in [1.82, 2.24) is 9.97 Å². The molecular weight excluding hydrogens is 289 g/mol. The summed E-state index contributed by atoms with van der Waals surface area (Å²) in [6.07, 6.45) is 1.49. The molecule has 0 spiro atoms. The van der Waals surface area contributed by atoms with Crippen LogP contribution in [0.2, 0.25) is 0 Å². The second kappa shape index (κ2) is 4.67. The van der Waals surface area contributed by atoms with Crippen molar-refractivity contribution in [3.8, 4) is 11.6 Å². The lowest BCUT2D eigenvalue weighted by atomic mass is 10.2. The monoisotopic (exact) mass is 297 g/mol. The minimum absolute atomic E-state index is 0.113. The third-order valence-corrected chi connectivity index (χ3v) is 2.62. The zero-order valence-electron chi connectivity index (χ0n) is 8.95. The number of hydrogen-bond acceptors (Lipinski definition) is 4. The van der Waals surface area contributed by atoms with E-state index in [9.17, 15) is 4.39 Å². The number of nitrogens with two attached hydrogens (primary N) is 1. The predicted molar refractivity (Wildman–Crippen MR) is 65.4 cm³/mol. The van der Waals surface area contributed by atoms with Crippen molar-refractivity contribution in [3.63, 3.8) is 0 Å². The molecule has 4 nitrogen and oxygen atoms in total. The molecule has 1 aromatic heterocycles. The van der Waals surface area contributed by atoms with Gasteiger partial charge in [-0.1, -0.05) is 0 Å². The second-order valence-electron chi connectivity index (χ2n) is 3.39. The number of aromatic nitrogens is 2.